The second kappa shape index (κ2) is 25.5. The molecule has 2 aliphatic rings. The minimum atomic E-state index is -4.62. The number of alkyl halides is 6. The van der Waals surface area contributed by atoms with Crippen LogP contribution in [-0.4, -0.2) is 62.3 Å². The van der Waals surface area contributed by atoms with Crippen molar-refractivity contribution in [2.24, 2.45) is 0 Å². The third-order valence-corrected chi connectivity index (χ3v) is 11.8. The van der Waals surface area contributed by atoms with Gasteiger partial charge in [-0.2, -0.15) is 26.3 Å². The maximum absolute atomic E-state index is 13.5. The standard InChI is InChI=1S/C26H23F3N2O3.C13H11BF3NO3.C13H14BrNO2/c1-2-33-25(32)23-13-7-12-22(31-23)20-11-6-10-19(20)21-14-18(26(27,28)29)15-30-24(21)34-16-17-8-4-3-5-9-17;15-13(16,17)10-6-11(14(19)20)12(18-7-10)21-8-9-4-2-1-3-5-9;1-2-17-13(16)12-8-4-7-11(15-12)9-5-3-6-10(9)14/h3-5,7-9,12-15H,2,6,10-11,16H2,1H3;1-7,19-20H,8H2;4,7-8H,2-3,5-6H2,1H3. The molecule has 2 N–H and O–H groups in total. The lowest BCUT2D eigenvalue weighted by Crippen LogP contribution is -2.33. The fourth-order valence-corrected chi connectivity index (χ4v) is 8.14. The van der Waals surface area contributed by atoms with E-state index in [4.69, 9.17) is 29.0 Å². The predicted octanol–water partition coefficient (Wildman–Crippen LogP) is 11.3. The molecule has 2 aromatic carbocycles. The molecule has 0 aliphatic heterocycles. The largest absolute Gasteiger partial charge is 0.494 e. The van der Waals surface area contributed by atoms with Crippen molar-refractivity contribution in [2.75, 3.05) is 13.2 Å². The number of pyridine rings is 4. The molecule has 0 saturated heterocycles. The first kappa shape index (κ1) is 54.4. The number of carbonyl (C=O) groups is 2. The van der Waals surface area contributed by atoms with E-state index in [2.05, 4.69) is 35.9 Å². The molecule has 4 aromatic heterocycles. The Balaban J connectivity index is 0.000000191. The van der Waals surface area contributed by atoms with Crippen LogP contribution in [0.15, 0.2) is 126 Å². The summed E-state index contributed by atoms with van der Waals surface area (Å²) in [6.07, 6.45) is -2.67. The zero-order valence-electron chi connectivity index (χ0n) is 39.0. The Morgan fingerprint density at radius 3 is 1.54 bits per heavy atom. The lowest BCUT2D eigenvalue weighted by atomic mass is 9.80. The fourth-order valence-electron chi connectivity index (χ4n) is 7.46. The van der Waals surface area contributed by atoms with Gasteiger partial charge in [0, 0.05) is 27.9 Å². The average Bonchev–Trinajstić information content (AvgIpc) is 4.05. The van der Waals surface area contributed by atoms with Crippen molar-refractivity contribution in [3.05, 3.63) is 177 Å². The average molecular weight is 1060 g/mol. The van der Waals surface area contributed by atoms with Crippen molar-refractivity contribution in [3.63, 3.8) is 0 Å². The van der Waals surface area contributed by atoms with E-state index in [0.717, 1.165) is 60.3 Å². The van der Waals surface area contributed by atoms with Gasteiger partial charge in [0.25, 0.3) is 0 Å². The number of hydrogen-bond donors (Lipinski definition) is 2. The highest BCUT2D eigenvalue weighted by Crippen LogP contribution is 2.44. The normalized spacial score (nSPS) is 13.4. The summed E-state index contributed by atoms with van der Waals surface area (Å²) in [4.78, 5) is 40.1. The van der Waals surface area contributed by atoms with E-state index in [-0.39, 0.29) is 43.2 Å². The maximum Gasteiger partial charge on any atom is 0.494 e. The number of nitrogens with zero attached hydrogens (tertiary/aromatic N) is 4. The van der Waals surface area contributed by atoms with Crippen LogP contribution < -0.4 is 14.9 Å². The van der Waals surface area contributed by atoms with Gasteiger partial charge in [0.15, 0.2) is 0 Å². The van der Waals surface area contributed by atoms with Crippen LogP contribution in [0.2, 0.25) is 0 Å². The van der Waals surface area contributed by atoms with E-state index in [1.165, 1.54) is 10.1 Å². The third kappa shape index (κ3) is 15.1. The van der Waals surface area contributed by atoms with Gasteiger partial charge in [0.1, 0.15) is 24.6 Å². The third-order valence-electron chi connectivity index (χ3n) is 10.9. The Kier molecular flexibility index (Phi) is 19.3. The number of halogens is 7. The highest BCUT2D eigenvalue weighted by molar-refractivity contribution is 9.11. The SMILES string of the molecule is CCOC(=O)c1cccc(C2=C(Br)CCC2)n1.CCOC(=O)c1cccc(C2=C(c3cc(C(F)(F)F)cnc3OCc3ccccc3)CCC2)n1.OB(O)c1cc(C(F)(F)F)cnc1OCc1ccccc1. The van der Waals surface area contributed by atoms with Gasteiger partial charge < -0.3 is 29.0 Å². The fraction of sp³-hybridized carbons (Fsp3) is 0.269. The van der Waals surface area contributed by atoms with Gasteiger partial charge in [-0.3, -0.25) is 0 Å². The number of aromatic nitrogens is 4. The van der Waals surface area contributed by atoms with Gasteiger partial charge in [0.2, 0.25) is 11.8 Å². The van der Waals surface area contributed by atoms with Crippen LogP contribution in [0.4, 0.5) is 26.3 Å². The first-order valence-electron chi connectivity index (χ1n) is 22.7. The molecule has 376 valence electrons. The van der Waals surface area contributed by atoms with Crippen LogP contribution in [0.25, 0.3) is 16.7 Å². The Morgan fingerprint density at radius 1 is 0.597 bits per heavy atom. The summed E-state index contributed by atoms with van der Waals surface area (Å²) >= 11 is 3.56. The molecule has 8 rings (SSSR count). The van der Waals surface area contributed by atoms with Crippen LogP contribution in [0.1, 0.15) is 113 Å². The lowest BCUT2D eigenvalue weighted by Gasteiger charge is -2.16. The maximum atomic E-state index is 13.5. The number of ether oxygens (including phenoxy) is 4. The van der Waals surface area contributed by atoms with E-state index >= 15 is 0 Å². The van der Waals surface area contributed by atoms with Gasteiger partial charge in [-0.25, -0.2) is 29.5 Å². The van der Waals surface area contributed by atoms with Crippen LogP contribution in [0, 0.1) is 0 Å². The van der Waals surface area contributed by atoms with E-state index in [1.807, 2.05) is 48.5 Å². The Morgan fingerprint density at radius 2 is 1.06 bits per heavy atom. The molecule has 12 nitrogen and oxygen atoms in total. The number of rotatable bonds is 14. The van der Waals surface area contributed by atoms with E-state index in [1.54, 1.807) is 62.4 Å². The van der Waals surface area contributed by atoms with Crippen LogP contribution >= 0.6 is 15.9 Å². The van der Waals surface area contributed by atoms with Crippen molar-refractivity contribution in [1.82, 2.24) is 19.9 Å². The molecule has 0 saturated carbocycles. The molecule has 0 atom stereocenters. The van der Waals surface area contributed by atoms with Crippen LogP contribution in [-0.2, 0) is 35.0 Å². The van der Waals surface area contributed by atoms with Gasteiger partial charge in [0.05, 0.1) is 35.7 Å². The first-order valence-corrected chi connectivity index (χ1v) is 23.5. The van der Waals surface area contributed by atoms with Gasteiger partial charge in [-0.15, -0.1) is 0 Å². The zero-order valence-corrected chi connectivity index (χ0v) is 40.6. The summed E-state index contributed by atoms with van der Waals surface area (Å²) in [6.45, 7) is 4.31. The molecule has 0 radical (unpaired) electrons. The molecule has 4 heterocycles. The summed E-state index contributed by atoms with van der Waals surface area (Å²) in [6, 6.07) is 30.4. The first-order chi connectivity index (χ1) is 34.5. The van der Waals surface area contributed by atoms with Crippen molar-refractivity contribution in [3.8, 4) is 11.8 Å². The summed E-state index contributed by atoms with van der Waals surface area (Å²) in [7, 11) is -2.11. The van der Waals surface area contributed by atoms with Gasteiger partial charge in [-0.1, -0.05) is 88.7 Å². The lowest BCUT2D eigenvalue weighted by molar-refractivity contribution is -0.138. The minimum absolute atomic E-state index is 0.0545. The Bertz CT molecular complexity index is 2870. The number of benzene rings is 2. The molecule has 0 fully saturated rings. The van der Waals surface area contributed by atoms with Gasteiger partial charge in [-0.05, 0) is 117 Å². The topological polar surface area (TPSA) is 163 Å². The van der Waals surface area contributed by atoms with Crippen molar-refractivity contribution in [1.29, 1.82) is 0 Å². The summed E-state index contributed by atoms with van der Waals surface area (Å²) in [5, 5.41) is 18.3. The minimum Gasteiger partial charge on any atom is -0.473 e. The zero-order chi connectivity index (χ0) is 51.8. The molecule has 6 aromatic rings. The summed E-state index contributed by atoms with van der Waals surface area (Å²) in [5.74, 6) is -1.02. The van der Waals surface area contributed by atoms with Crippen molar-refractivity contribution < 1.29 is 64.9 Å². The molecule has 0 bridgehead atoms. The van der Waals surface area contributed by atoms with E-state index in [0.29, 0.717) is 54.2 Å². The van der Waals surface area contributed by atoms with E-state index in [9.17, 15) is 35.9 Å². The molecule has 0 amide bonds. The molecule has 2 aliphatic carbocycles. The second-order valence-electron chi connectivity index (χ2n) is 15.9. The highest BCUT2D eigenvalue weighted by atomic mass is 79.9. The molecule has 0 spiro atoms. The van der Waals surface area contributed by atoms with Crippen LogP contribution in [0.3, 0.4) is 0 Å². The number of esters is 2. The van der Waals surface area contributed by atoms with Crippen molar-refractivity contribution in [2.45, 2.75) is 77.9 Å². The van der Waals surface area contributed by atoms with Crippen LogP contribution in [0.5, 0.6) is 11.8 Å². The monoisotopic (exact) mass is 1060 g/mol. The summed E-state index contributed by atoms with van der Waals surface area (Å²) < 4.78 is 101. The molecule has 0 unspecified atom stereocenters. The molecular weight excluding hydrogens is 1010 g/mol. The highest BCUT2D eigenvalue weighted by Gasteiger charge is 2.35. The second-order valence-corrected chi connectivity index (χ2v) is 16.9. The predicted molar refractivity (Wildman–Crippen MR) is 261 cm³/mol. The molecule has 20 heteroatoms. The molecular formula is C52H48BBrF6N4O8. The van der Waals surface area contributed by atoms with E-state index < -0.39 is 42.0 Å². The smallest absolute Gasteiger partial charge is 0.473 e. The number of allylic oxidation sites excluding steroid dienone is 4. The van der Waals surface area contributed by atoms with Gasteiger partial charge >= 0.3 is 31.4 Å². The number of carbonyl (C=O) groups excluding carboxylic acids is 2. The Hall–Kier alpha value is -6.90. The quantitative estimate of drug-likeness (QED) is 0.0604. The Labute approximate surface area is 420 Å². The number of hydrogen-bond acceptors (Lipinski definition) is 12. The molecule has 72 heavy (non-hydrogen) atoms. The van der Waals surface area contributed by atoms with Crippen molar-refractivity contribution >= 4 is 57.2 Å². The summed E-state index contributed by atoms with van der Waals surface area (Å²) in [5.41, 5.74) is 4.20.